The van der Waals surface area contributed by atoms with E-state index in [2.05, 4.69) is 31.9 Å². The number of para-hydroxylation sites is 2. The minimum Gasteiger partial charge on any atom is -0.800 e. The van der Waals surface area contributed by atoms with Crippen molar-refractivity contribution in [3.05, 3.63) is 48.8 Å². The summed E-state index contributed by atoms with van der Waals surface area (Å²) >= 11 is 10.3. The van der Waals surface area contributed by atoms with Gasteiger partial charge in [-0.05, 0) is 24.3 Å². The SMILES string of the molecule is [Au].[S-]C([S-])N1CCN(c2cc[n+](-c3nc4ccccc4[nH]3)cc2)CC1. The molecule has 0 atom stereocenters. The van der Waals surface area contributed by atoms with Crippen LogP contribution in [0.5, 0.6) is 0 Å². The second-order valence-electron chi connectivity index (χ2n) is 5.87. The number of benzene rings is 1. The number of nitrogens with one attached hydrogen (secondary N) is 1. The van der Waals surface area contributed by atoms with Crippen LogP contribution in [-0.4, -0.2) is 45.8 Å². The average molecular weight is 553 g/mol. The van der Waals surface area contributed by atoms with Crippen molar-refractivity contribution >= 4 is 42.0 Å². The van der Waals surface area contributed by atoms with Crippen LogP contribution in [0.15, 0.2) is 48.8 Å². The molecule has 1 aliphatic rings. The maximum Gasteiger partial charge on any atom is 0.401 e. The Bertz CT molecular complexity index is 795. The van der Waals surface area contributed by atoms with E-state index in [0.717, 1.165) is 43.2 Å². The summed E-state index contributed by atoms with van der Waals surface area (Å²) in [6.45, 7) is 3.77. The van der Waals surface area contributed by atoms with Gasteiger partial charge in [0.15, 0.2) is 5.52 Å². The van der Waals surface area contributed by atoms with E-state index in [1.165, 1.54) is 5.69 Å². The van der Waals surface area contributed by atoms with Crippen LogP contribution in [0.25, 0.3) is 17.0 Å². The van der Waals surface area contributed by atoms with Crippen molar-refractivity contribution in [3.63, 3.8) is 0 Å². The van der Waals surface area contributed by atoms with Crippen LogP contribution in [0, 0.1) is 0 Å². The molecule has 4 rings (SSSR count). The average Bonchev–Trinajstić information content (AvgIpc) is 3.06. The molecule has 0 unspecified atom stereocenters. The maximum atomic E-state index is 5.16. The molecule has 0 saturated carbocycles. The topological polar surface area (TPSA) is 39.0 Å². The number of nitrogens with zero attached hydrogens (tertiary/aromatic N) is 4. The summed E-state index contributed by atoms with van der Waals surface area (Å²) in [5.41, 5.74) is 3.23. The molecule has 1 N–H and O–H groups in total. The van der Waals surface area contributed by atoms with Gasteiger partial charge in [0, 0.05) is 54.2 Å². The summed E-state index contributed by atoms with van der Waals surface area (Å²) in [5.74, 6) is 0.827. The molecule has 0 bridgehead atoms. The van der Waals surface area contributed by atoms with Gasteiger partial charge >= 0.3 is 5.95 Å². The van der Waals surface area contributed by atoms with Crippen LogP contribution in [0.2, 0.25) is 0 Å². The first-order valence-electron chi connectivity index (χ1n) is 7.98. The molecule has 0 spiro atoms. The molecule has 1 aromatic carbocycles. The number of aromatic nitrogens is 3. The van der Waals surface area contributed by atoms with Crippen molar-refractivity contribution in [1.29, 1.82) is 0 Å². The van der Waals surface area contributed by atoms with Gasteiger partial charge in [-0.15, -0.1) is 0 Å². The molecule has 2 aromatic heterocycles. The van der Waals surface area contributed by atoms with Gasteiger partial charge in [-0.2, -0.15) is 0 Å². The minimum absolute atomic E-state index is 0. The standard InChI is InChI=1S/C17H19N5S2.Au/c23-17(24)22-11-9-20(10-12-22)13-5-7-21(8-6-13)16-18-14-3-1-2-4-15(14)19-16;/h1-8,17H,9-12H2,(H2-,18,19,23,24);/p-1. The number of fused-ring (bicyclic) bond motifs is 1. The Morgan fingerprint density at radius 2 is 1.68 bits per heavy atom. The van der Waals surface area contributed by atoms with Crippen molar-refractivity contribution < 1.29 is 26.9 Å². The normalized spacial score (nSPS) is 15.6. The van der Waals surface area contributed by atoms with Crippen molar-refractivity contribution in [3.8, 4) is 5.95 Å². The zero-order valence-corrected chi connectivity index (χ0v) is 17.2. The fraction of sp³-hybridized carbons (Fsp3) is 0.294. The molecule has 135 valence electrons. The number of aromatic amines is 1. The van der Waals surface area contributed by atoms with E-state index < -0.39 is 0 Å². The molecule has 8 heteroatoms. The predicted molar refractivity (Wildman–Crippen MR) is 99.9 cm³/mol. The Morgan fingerprint density at radius 3 is 2.32 bits per heavy atom. The number of hydrogen-bond donors (Lipinski definition) is 1. The van der Waals surface area contributed by atoms with Crippen LogP contribution >= 0.6 is 0 Å². The van der Waals surface area contributed by atoms with E-state index in [9.17, 15) is 0 Å². The summed E-state index contributed by atoms with van der Waals surface area (Å²) in [5, 5.41) is 0. The monoisotopic (exact) mass is 553 g/mol. The molecule has 5 nitrogen and oxygen atoms in total. The predicted octanol–water partition coefficient (Wildman–Crippen LogP) is 1.34. The number of hydrogen-bond acceptors (Lipinski definition) is 5. The van der Waals surface area contributed by atoms with E-state index in [4.69, 9.17) is 25.3 Å². The molecule has 1 aliphatic heterocycles. The molecular weight excluding hydrogens is 535 g/mol. The van der Waals surface area contributed by atoms with Gasteiger partial charge in [-0.1, -0.05) is 17.1 Å². The molecule has 0 amide bonds. The quantitative estimate of drug-likeness (QED) is 0.301. The smallest absolute Gasteiger partial charge is 0.401 e. The van der Waals surface area contributed by atoms with Crippen LogP contribution in [0.1, 0.15) is 0 Å². The van der Waals surface area contributed by atoms with Crippen LogP contribution in [0.3, 0.4) is 0 Å². The molecular formula is C17H18AuN5S2-. The largest absolute Gasteiger partial charge is 0.800 e. The molecule has 0 aliphatic carbocycles. The fourth-order valence-corrected chi connectivity index (χ4v) is 3.44. The maximum absolute atomic E-state index is 5.16. The Kier molecular flexibility index (Phi) is 6.14. The molecule has 1 fully saturated rings. The third-order valence-electron chi connectivity index (χ3n) is 4.41. The van der Waals surface area contributed by atoms with Crippen molar-refractivity contribution in [2.24, 2.45) is 0 Å². The second kappa shape index (κ2) is 8.16. The van der Waals surface area contributed by atoms with Crippen molar-refractivity contribution in [2.75, 3.05) is 31.1 Å². The van der Waals surface area contributed by atoms with E-state index >= 15 is 0 Å². The number of anilines is 1. The third kappa shape index (κ3) is 4.07. The van der Waals surface area contributed by atoms with E-state index in [1.807, 2.05) is 41.2 Å². The molecule has 25 heavy (non-hydrogen) atoms. The first-order valence-corrected chi connectivity index (χ1v) is 8.92. The number of H-pyrrole nitrogens is 1. The number of rotatable bonds is 3. The van der Waals surface area contributed by atoms with Gasteiger partial charge in [-0.25, -0.2) is 14.3 Å². The van der Waals surface area contributed by atoms with Gasteiger partial charge in [-0.3, -0.25) is 0 Å². The number of imidazole rings is 1. The fourth-order valence-electron chi connectivity index (χ4n) is 3.02. The van der Waals surface area contributed by atoms with Crippen molar-refractivity contribution in [1.82, 2.24) is 14.9 Å². The summed E-state index contributed by atoms with van der Waals surface area (Å²) < 4.78 is 1.81. The summed E-state index contributed by atoms with van der Waals surface area (Å²) in [6.07, 6.45) is 4.09. The third-order valence-corrected chi connectivity index (χ3v) is 5.01. The van der Waals surface area contributed by atoms with E-state index in [-0.39, 0.29) is 27.1 Å². The minimum atomic E-state index is -0.196. The first-order chi connectivity index (χ1) is 11.7. The zero-order chi connectivity index (χ0) is 16.5. The Balaban J connectivity index is 0.00000182. The van der Waals surface area contributed by atoms with E-state index in [0.29, 0.717) is 0 Å². The first kappa shape index (κ1) is 18.8. The molecule has 3 aromatic rings. The summed E-state index contributed by atoms with van der Waals surface area (Å²) in [6, 6.07) is 12.3. The van der Waals surface area contributed by atoms with Gasteiger partial charge in [0.05, 0.1) is 12.4 Å². The molecule has 1 saturated heterocycles. The van der Waals surface area contributed by atoms with Crippen LogP contribution in [0.4, 0.5) is 5.69 Å². The van der Waals surface area contributed by atoms with Crippen LogP contribution in [-0.2, 0) is 47.6 Å². The van der Waals surface area contributed by atoms with Gasteiger partial charge in [0.1, 0.15) is 5.52 Å². The summed E-state index contributed by atoms with van der Waals surface area (Å²) in [4.78, 5) is 12.5. The van der Waals surface area contributed by atoms with Gasteiger partial charge in [0.25, 0.3) is 0 Å². The number of pyridine rings is 1. The Morgan fingerprint density at radius 1 is 1.00 bits per heavy atom. The zero-order valence-electron chi connectivity index (χ0n) is 13.4. The molecule has 3 heterocycles. The number of piperazine rings is 1. The second-order valence-corrected chi connectivity index (χ2v) is 7.06. The Hall–Kier alpha value is -0.960. The van der Waals surface area contributed by atoms with Gasteiger partial charge in [0.2, 0.25) is 0 Å². The van der Waals surface area contributed by atoms with E-state index in [1.54, 1.807) is 0 Å². The summed E-state index contributed by atoms with van der Waals surface area (Å²) in [7, 11) is 0. The van der Waals surface area contributed by atoms with Crippen molar-refractivity contribution in [2.45, 2.75) is 4.71 Å². The van der Waals surface area contributed by atoms with Crippen LogP contribution < -0.4 is 9.47 Å². The Labute approximate surface area is 173 Å². The molecule has 1 radical (unpaired) electrons. The van der Waals surface area contributed by atoms with Gasteiger partial charge < -0.3 is 35.1 Å².